The number of para-hydroxylation sites is 1. The van der Waals surface area contributed by atoms with E-state index in [1.807, 2.05) is 31.3 Å². The van der Waals surface area contributed by atoms with E-state index in [-0.39, 0.29) is 18.3 Å². The number of carbonyl (C=O) groups excluding carboxylic acids is 1. The van der Waals surface area contributed by atoms with Crippen LogP contribution in [0, 0.1) is 0 Å². The third kappa shape index (κ3) is 3.91. The van der Waals surface area contributed by atoms with Crippen molar-refractivity contribution in [3.8, 4) is 0 Å². The van der Waals surface area contributed by atoms with E-state index in [2.05, 4.69) is 20.5 Å². The van der Waals surface area contributed by atoms with E-state index in [4.69, 9.17) is 0 Å². The van der Waals surface area contributed by atoms with Crippen molar-refractivity contribution in [2.24, 2.45) is 0 Å². The predicted molar refractivity (Wildman–Crippen MR) is 89.4 cm³/mol. The van der Waals surface area contributed by atoms with Gasteiger partial charge in [0.2, 0.25) is 5.91 Å². The lowest BCUT2D eigenvalue weighted by Crippen LogP contribution is -2.34. The van der Waals surface area contributed by atoms with Crippen LogP contribution in [0.2, 0.25) is 0 Å². The van der Waals surface area contributed by atoms with Gasteiger partial charge in [0, 0.05) is 19.1 Å². The Labute approximate surface area is 134 Å². The van der Waals surface area contributed by atoms with Crippen LogP contribution in [0.4, 0.5) is 5.13 Å². The first-order valence-electron chi connectivity index (χ1n) is 6.79. The zero-order chi connectivity index (χ0) is 13.9. The number of carbonyl (C=O) groups is 1. The predicted octanol–water partition coefficient (Wildman–Crippen LogP) is 1.95. The average Bonchev–Trinajstić information content (AvgIpc) is 3.04. The molecule has 0 saturated carbocycles. The van der Waals surface area contributed by atoms with Crippen molar-refractivity contribution in [2.45, 2.75) is 12.5 Å². The largest absolute Gasteiger partial charge is 0.316 e. The van der Waals surface area contributed by atoms with Crippen molar-refractivity contribution in [3.05, 3.63) is 24.3 Å². The van der Waals surface area contributed by atoms with E-state index < -0.39 is 0 Å². The molecule has 1 saturated heterocycles. The molecule has 0 aliphatic carbocycles. The van der Waals surface area contributed by atoms with Crippen molar-refractivity contribution in [3.63, 3.8) is 0 Å². The van der Waals surface area contributed by atoms with E-state index in [0.717, 1.165) is 29.7 Å². The molecule has 0 bridgehead atoms. The summed E-state index contributed by atoms with van der Waals surface area (Å²) in [6.07, 6.45) is 1.10. The van der Waals surface area contributed by atoms with Crippen molar-refractivity contribution in [1.29, 1.82) is 0 Å². The highest BCUT2D eigenvalue weighted by molar-refractivity contribution is 7.22. The molecule has 1 amide bonds. The monoisotopic (exact) mass is 326 g/mol. The van der Waals surface area contributed by atoms with Crippen molar-refractivity contribution >= 4 is 45.0 Å². The fraction of sp³-hybridized carbons (Fsp3) is 0.429. The number of nitrogens with one attached hydrogen (secondary N) is 2. The summed E-state index contributed by atoms with van der Waals surface area (Å²) in [5.41, 5.74) is 0.934. The van der Waals surface area contributed by atoms with Crippen LogP contribution in [0.15, 0.2) is 24.3 Å². The number of likely N-dealkylation sites (tertiary alicyclic amines) is 1. The minimum Gasteiger partial charge on any atom is -0.316 e. The van der Waals surface area contributed by atoms with Crippen LogP contribution in [-0.4, -0.2) is 48.5 Å². The number of likely N-dealkylation sites (N-methyl/N-ethyl adjacent to an activating group) is 1. The fourth-order valence-electron chi connectivity index (χ4n) is 2.50. The Morgan fingerprint density at radius 2 is 2.29 bits per heavy atom. The van der Waals surface area contributed by atoms with E-state index in [1.165, 1.54) is 11.3 Å². The Kier molecular flexibility index (Phi) is 5.52. The molecule has 2 N–H and O–H groups in total. The second kappa shape index (κ2) is 7.17. The molecule has 1 atom stereocenters. The van der Waals surface area contributed by atoms with Crippen molar-refractivity contribution in [2.75, 3.05) is 32.0 Å². The molecular weight excluding hydrogens is 308 g/mol. The van der Waals surface area contributed by atoms with Crippen LogP contribution in [0.5, 0.6) is 0 Å². The summed E-state index contributed by atoms with van der Waals surface area (Å²) in [6.45, 7) is 2.34. The molecule has 21 heavy (non-hydrogen) atoms. The van der Waals surface area contributed by atoms with Crippen LogP contribution >= 0.6 is 23.7 Å². The minimum atomic E-state index is 0. The second-order valence-electron chi connectivity index (χ2n) is 5.04. The number of fused-ring (bicyclic) bond motifs is 1. The van der Waals surface area contributed by atoms with Crippen molar-refractivity contribution < 1.29 is 4.79 Å². The van der Waals surface area contributed by atoms with Gasteiger partial charge in [0.15, 0.2) is 5.13 Å². The number of benzene rings is 1. The lowest BCUT2D eigenvalue weighted by Gasteiger charge is -2.14. The first-order chi connectivity index (χ1) is 9.74. The molecule has 1 aliphatic heterocycles. The van der Waals surface area contributed by atoms with Gasteiger partial charge in [0.1, 0.15) is 0 Å². The molecule has 0 spiro atoms. The number of hydrogen-bond donors (Lipinski definition) is 2. The lowest BCUT2D eigenvalue weighted by molar-refractivity contribution is -0.117. The van der Waals surface area contributed by atoms with Gasteiger partial charge >= 0.3 is 0 Å². The number of halogens is 1. The van der Waals surface area contributed by atoms with E-state index in [0.29, 0.717) is 17.7 Å². The molecular formula is C14H19ClN4OS. The highest BCUT2D eigenvalue weighted by Crippen LogP contribution is 2.25. The SMILES string of the molecule is CNC1CCN(CC(=O)Nc2nc3ccccc3s2)C1.Cl. The molecule has 3 rings (SSSR count). The third-order valence-corrected chi connectivity index (χ3v) is 4.54. The lowest BCUT2D eigenvalue weighted by atomic mass is 10.3. The number of amides is 1. The molecule has 1 aromatic heterocycles. The maximum absolute atomic E-state index is 12.0. The number of nitrogens with zero attached hydrogens (tertiary/aromatic N) is 2. The van der Waals surface area contributed by atoms with Gasteiger partial charge in [0.05, 0.1) is 16.8 Å². The molecule has 2 aromatic rings. The van der Waals surface area contributed by atoms with Crippen LogP contribution in [0.25, 0.3) is 10.2 Å². The quantitative estimate of drug-likeness (QED) is 0.901. The number of anilines is 1. The number of thiazole rings is 1. The molecule has 7 heteroatoms. The number of rotatable bonds is 4. The van der Waals surface area contributed by atoms with Gasteiger partial charge in [-0.1, -0.05) is 23.5 Å². The van der Waals surface area contributed by atoms with Gasteiger partial charge < -0.3 is 10.6 Å². The summed E-state index contributed by atoms with van der Waals surface area (Å²) in [6, 6.07) is 8.41. The average molecular weight is 327 g/mol. The van der Waals surface area contributed by atoms with Crippen LogP contribution < -0.4 is 10.6 Å². The molecule has 1 aliphatic rings. The molecule has 1 aromatic carbocycles. The van der Waals surface area contributed by atoms with E-state index >= 15 is 0 Å². The topological polar surface area (TPSA) is 57.3 Å². The number of aromatic nitrogens is 1. The number of hydrogen-bond acceptors (Lipinski definition) is 5. The van der Waals surface area contributed by atoms with Crippen LogP contribution in [-0.2, 0) is 4.79 Å². The summed E-state index contributed by atoms with van der Waals surface area (Å²) in [5.74, 6) is 0.0146. The van der Waals surface area contributed by atoms with Gasteiger partial charge in [-0.05, 0) is 25.6 Å². The van der Waals surface area contributed by atoms with E-state index in [1.54, 1.807) is 0 Å². The summed E-state index contributed by atoms with van der Waals surface area (Å²) >= 11 is 1.51. The third-order valence-electron chi connectivity index (χ3n) is 3.59. The van der Waals surface area contributed by atoms with Gasteiger partial charge in [-0.2, -0.15) is 0 Å². The molecule has 2 heterocycles. The Balaban J connectivity index is 0.00000161. The Morgan fingerprint density at radius 3 is 3.00 bits per heavy atom. The summed E-state index contributed by atoms with van der Waals surface area (Å²) < 4.78 is 1.10. The van der Waals surface area contributed by atoms with Crippen LogP contribution in [0.1, 0.15) is 6.42 Å². The van der Waals surface area contributed by atoms with E-state index in [9.17, 15) is 4.79 Å². The highest BCUT2D eigenvalue weighted by atomic mass is 35.5. The second-order valence-corrected chi connectivity index (χ2v) is 6.07. The zero-order valence-electron chi connectivity index (χ0n) is 11.8. The molecule has 1 fully saturated rings. The summed E-state index contributed by atoms with van der Waals surface area (Å²) in [4.78, 5) is 18.6. The normalized spacial score (nSPS) is 18.6. The summed E-state index contributed by atoms with van der Waals surface area (Å²) in [7, 11) is 1.97. The molecule has 114 valence electrons. The highest BCUT2D eigenvalue weighted by Gasteiger charge is 2.22. The molecule has 5 nitrogen and oxygen atoms in total. The zero-order valence-corrected chi connectivity index (χ0v) is 13.5. The fourth-order valence-corrected chi connectivity index (χ4v) is 3.38. The first kappa shape index (κ1) is 16.2. The Morgan fingerprint density at radius 1 is 1.48 bits per heavy atom. The molecule has 1 unspecified atom stereocenters. The maximum atomic E-state index is 12.0. The smallest absolute Gasteiger partial charge is 0.240 e. The van der Waals surface area contributed by atoms with Gasteiger partial charge in [-0.25, -0.2) is 4.98 Å². The summed E-state index contributed by atoms with van der Waals surface area (Å²) in [5, 5.41) is 6.83. The Bertz CT molecular complexity index is 585. The van der Waals surface area contributed by atoms with Crippen LogP contribution in [0.3, 0.4) is 0 Å². The van der Waals surface area contributed by atoms with Gasteiger partial charge in [-0.3, -0.25) is 9.69 Å². The molecule has 0 radical (unpaired) electrons. The first-order valence-corrected chi connectivity index (χ1v) is 7.61. The minimum absolute atomic E-state index is 0. The Hall–Kier alpha value is -1.21. The standard InChI is InChI=1S/C14H18N4OS.ClH/c1-15-10-6-7-18(8-10)9-13(19)17-14-16-11-4-2-3-5-12(11)20-14;/h2-5,10,15H,6-9H2,1H3,(H,16,17,19);1H. The maximum Gasteiger partial charge on any atom is 0.240 e. The van der Waals surface area contributed by atoms with Gasteiger partial charge in [0.25, 0.3) is 0 Å². The van der Waals surface area contributed by atoms with Gasteiger partial charge in [-0.15, -0.1) is 12.4 Å². The van der Waals surface area contributed by atoms with Crippen molar-refractivity contribution in [1.82, 2.24) is 15.2 Å².